The Morgan fingerprint density at radius 3 is 2.22 bits per heavy atom. The van der Waals surface area contributed by atoms with Crippen LogP contribution in [0.5, 0.6) is 0 Å². The third-order valence-electron chi connectivity index (χ3n) is 3.75. The second kappa shape index (κ2) is 5.36. The van der Waals surface area contributed by atoms with Gasteiger partial charge in [0.2, 0.25) is 0 Å². The highest BCUT2D eigenvalue weighted by atomic mass is 28.3. The molecule has 0 bridgehead atoms. The van der Waals surface area contributed by atoms with Crippen molar-refractivity contribution >= 4 is 24.9 Å². The number of hydrogen-bond acceptors (Lipinski definition) is 2. The molecule has 1 aromatic carbocycles. The lowest BCUT2D eigenvalue weighted by molar-refractivity contribution is 0.110. The van der Waals surface area contributed by atoms with Crippen LogP contribution in [0.4, 0.5) is 0 Å². The second-order valence-electron chi connectivity index (χ2n) is 4.48. The Morgan fingerprint density at radius 1 is 1.06 bits per heavy atom. The van der Waals surface area contributed by atoms with Gasteiger partial charge in [0.25, 0.3) is 0 Å². The van der Waals surface area contributed by atoms with Gasteiger partial charge < -0.3 is 4.42 Å². The molecule has 3 heteroatoms. The fourth-order valence-electron chi connectivity index (χ4n) is 2.58. The zero-order valence-electron chi connectivity index (χ0n) is 10.8. The number of carbonyl (C=O) groups excluding carboxylic acids is 1. The summed E-state index contributed by atoms with van der Waals surface area (Å²) in [6.07, 6.45) is 0.777. The Balaban J connectivity index is 2.53. The average Bonchev–Trinajstić information content (AvgIpc) is 2.91. The first-order valence-electron chi connectivity index (χ1n) is 6.38. The van der Waals surface area contributed by atoms with E-state index >= 15 is 0 Å². The van der Waals surface area contributed by atoms with Crippen LogP contribution in [0.15, 0.2) is 46.9 Å². The fraction of sp³-hybridized carbons (Fsp3) is 0.267. The van der Waals surface area contributed by atoms with Crippen LogP contribution in [-0.2, 0) is 0 Å². The summed E-state index contributed by atoms with van der Waals surface area (Å²) in [7, 11) is -1.82. The van der Waals surface area contributed by atoms with Gasteiger partial charge in [-0.3, -0.25) is 4.79 Å². The van der Waals surface area contributed by atoms with Crippen molar-refractivity contribution < 1.29 is 9.21 Å². The van der Waals surface area contributed by atoms with Gasteiger partial charge in [0.05, 0.1) is 5.38 Å². The molecule has 0 aliphatic rings. The minimum atomic E-state index is -1.82. The normalized spacial score (nSPS) is 11.4. The van der Waals surface area contributed by atoms with Crippen molar-refractivity contribution in [2.75, 3.05) is 0 Å². The van der Waals surface area contributed by atoms with Crippen molar-refractivity contribution in [3.8, 4) is 0 Å². The monoisotopic (exact) mass is 258 g/mol. The lowest BCUT2D eigenvalue weighted by atomic mass is 10.4. The van der Waals surface area contributed by atoms with Crippen LogP contribution in [0.3, 0.4) is 0 Å². The van der Waals surface area contributed by atoms with Crippen molar-refractivity contribution in [2.24, 2.45) is 0 Å². The predicted molar refractivity (Wildman–Crippen MR) is 76.5 cm³/mol. The van der Waals surface area contributed by atoms with Crippen LogP contribution in [0.25, 0.3) is 0 Å². The maximum Gasteiger partial charge on any atom is 0.185 e. The molecule has 2 aromatic rings. The highest BCUT2D eigenvalue weighted by molar-refractivity contribution is 7.01. The zero-order chi connectivity index (χ0) is 13.0. The molecule has 0 aliphatic carbocycles. The molecule has 0 spiro atoms. The van der Waals surface area contributed by atoms with Crippen molar-refractivity contribution in [3.63, 3.8) is 0 Å². The van der Waals surface area contributed by atoms with E-state index in [2.05, 4.69) is 38.1 Å². The molecule has 2 rings (SSSR count). The first-order chi connectivity index (χ1) is 8.76. The average molecular weight is 258 g/mol. The smallest absolute Gasteiger partial charge is 0.185 e. The lowest BCUT2D eigenvalue weighted by Gasteiger charge is -2.27. The quantitative estimate of drug-likeness (QED) is 0.610. The van der Waals surface area contributed by atoms with E-state index in [4.69, 9.17) is 4.42 Å². The molecule has 1 heterocycles. The van der Waals surface area contributed by atoms with E-state index in [1.165, 1.54) is 5.19 Å². The summed E-state index contributed by atoms with van der Waals surface area (Å²) in [4.78, 5) is 10.8. The molecule has 0 fully saturated rings. The molecular formula is C15H18O2Si. The summed E-state index contributed by atoms with van der Waals surface area (Å²) in [5.74, 6) is 0.430. The summed E-state index contributed by atoms with van der Waals surface area (Å²) >= 11 is 0. The van der Waals surface area contributed by atoms with Gasteiger partial charge in [-0.25, -0.2) is 0 Å². The number of benzene rings is 1. The molecular weight excluding hydrogens is 240 g/mol. The highest BCUT2D eigenvalue weighted by Gasteiger charge is 2.36. The van der Waals surface area contributed by atoms with Gasteiger partial charge in [-0.2, -0.15) is 0 Å². The number of aldehydes is 1. The Bertz CT molecular complexity index is 512. The molecule has 0 saturated heterocycles. The van der Waals surface area contributed by atoms with Gasteiger partial charge in [0, 0.05) is 0 Å². The molecule has 2 nitrogen and oxygen atoms in total. The molecule has 0 amide bonds. The first-order valence-corrected chi connectivity index (χ1v) is 8.79. The van der Waals surface area contributed by atoms with Crippen LogP contribution in [-0.4, -0.2) is 14.4 Å². The van der Waals surface area contributed by atoms with Gasteiger partial charge in [0.1, 0.15) is 0 Å². The molecule has 94 valence electrons. The van der Waals surface area contributed by atoms with E-state index in [1.807, 2.05) is 12.1 Å². The van der Waals surface area contributed by atoms with E-state index in [0.29, 0.717) is 5.76 Å². The summed E-state index contributed by atoms with van der Waals surface area (Å²) in [6, 6.07) is 16.5. The predicted octanol–water partition coefficient (Wildman–Crippen LogP) is 2.69. The third kappa shape index (κ3) is 2.06. The Kier molecular flexibility index (Phi) is 3.82. The maximum atomic E-state index is 10.8. The molecule has 0 radical (unpaired) electrons. The fourth-order valence-corrected chi connectivity index (χ4v) is 6.42. The molecule has 0 unspecified atom stereocenters. The lowest BCUT2D eigenvalue weighted by Crippen LogP contribution is -2.56. The second-order valence-corrected chi connectivity index (χ2v) is 9.12. The maximum absolute atomic E-state index is 10.8. The minimum Gasteiger partial charge on any atom is -0.463 e. The molecule has 0 aliphatic heterocycles. The molecule has 0 saturated carbocycles. The van der Waals surface area contributed by atoms with Gasteiger partial charge in [-0.15, -0.1) is 0 Å². The van der Waals surface area contributed by atoms with Crippen LogP contribution in [0.2, 0.25) is 12.1 Å². The SMILES string of the molecule is CC[Si](CC)(c1ccccc1)c1ccc(C=O)o1. The topological polar surface area (TPSA) is 30.2 Å². The largest absolute Gasteiger partial charge is 0.463 e. The van der Waals surface area contributed by atoms with E-state index in [-0.39, 0.29) is 0 Å². The van der Waals surface area contributed by atoms with Crippen molar-refractivity contribution in [1.82, 2.24) is 0 Å². The number of hydrogen-bond donors (Lipinski definition) is 0. The first kappa shape index (κ1) is 12.8. The van der Waals surface area contributed by atoms with Crippen LogP contribution >= 0.6 is 0 Å². The van der Waals surface area contributed by atoms with E-state index in [0.717, 1.165) is 23.8 Å². The van der Waals surface area contributed by atoms with Crippen molar-refractivity contribution in [3.05, 3.63) is 48.2 Å². The number of rotatable bonds is 5. The number of furan rings is 1. The summed E-state index contributed by atoms with van der Waals surface area (Å²) in [5.41, 5.74) is 0. The molecule has 0 N–H and O–H groups in total. The van der Waals surface area contributed by atoms with Crippen LogP contribution in [0.1, 0.15) is 24.4 Å². The Morgan fingerprint density at radius 2 is 1.72 bits per heavy atom. The van der Waals surface area contributed by atoms with Crippen molar-refractivity contribution in [2.45, 2.75) is 25.9 Å². The zero-order valence-corrected chi connectivity index (χ0v) is 11.8. The standard InChI is InChI=1S/C15H18O2Si/c1-3-18(4-2,14-8-6-5-7-9-14)15-11-10-13(12-16)17-15/h5-12H,3-4H2,1-2H3. The van der Waals surface area contributed by atoms with Gasteiger partial charge in [-0.05, 0) is 24.2 Å². The van der Waals surface area contributed by atoms with Crippen LogP contribution in [0, 0.1) is 0 Å². The van der Waals surface area contributed by atoms with Gasteiger partial charge in [-0.1, -0.05) is 49.4 Å². The molecule has 0 atom stereocenters. The highest BCUT2D eigenvalue weighted by Crippen LogP contribution is 2.17. The van der Waals surface area contributed by atoms with E-state index in [1.54, 1.807) is 6.07 Å². The Labute approximate surface area is 109 Å². The Hall–Kier alpha value is -1.61. The third-order valence-corrected chi connectivity index (χ3v) is 8.81. The van der Waals surface area contributed by atoms with Gasteiger partial charge >= 0.3 is 0 Å². The van der Waals surface area contributed by atoms with Crippen LogP contribution < -0.4 is 10.6 Å². The summed E-state index contributed by atoms with van der Waals surface area (Å²) in [5, 5.41) is 2.39. The summed E-state index contributed by atoms with van der Waals surface area (Å²) in [6.45, 7) is 4.43. The van der Waals surface area contributed by atoms with E-state index < -0.39 is 8.07 Å². The van der Waals surface area contributed by atoms with E-state index in [9.17, 15) is 4.79 Å². The molecule has 1 aromatic heterocycles. The number of carbonyl (C=O) groups is 1. The summed E-state index contributed by atoms with van der Waals surface area (Å²) < 4.78 is 5.73. The van der Waals surface area contributed by atoms with Gasteiger partial charge in [0.15, 0.2) is 20.1 Å². The van der Waals surface area contributed by atoms with Crippen molar-refractivity contribution in [1.29, 1.82) is 0 Å². The molecule has 18 heavy (non-hydrogen) atoms. The minimum absolute atomic E-state index is 0.430.